The molecule has 7 rings (SSSR count). The smallest absolute Gasteiger partial charge is 0.334 e. The van der Waals surface area contributed by atoms with Crippen LogP contribution < -0.4 is 0 Å². The van der Waals surface area contributed by atoms with E-state index in [1.54, 1.807) is 12.3 Å². The molecule has 4 aromatic rings. The SMILES string of the molecule is O=C(O)C1=C(n2cc(F)c3cnc(-c4c[nH]c5ncc(Cl)cc45)nc32)C=C2CC1C2. The molecule has 2 N–H and O–H groups in total. The third-order valence-corrected chi connectivity index (χ3v) is 5.97. The molecule has 4 heterocycles. The maximum absolute atomic E-state index is 14.7. The Balaban J connectivity index is 1.59. The second-order valence-electron chi connectivity index (χ2n) is 7.54. The van der Waals surface area contributed by atoms with E-state index in [0.29, 0.717) is 39.0 Å². The molecule has 0 aliphatic heterocycles. The van der Waals surface area contributed by atoms with E-state index >= 15 is 0 Å². The highest BCUT2D eigenvalue weighted by Gasteiger charge is 2.37. The number of allylic oxidation sites excluding steroid dienone is 3. The van der Waals surface area contributed by atoms with Gasteiger partial charge in [-0.3, -0.25) is 4.57 Å². The lowest BCUT2D eigenvalue weighted by Gasteiger charge is -2.36. The first-order chi connectivity index (χ1) is 14.5. The number of carbonyl (C=O) groups is 1. The third kappa shape index (κ3) is 2.37. The molecule has 148 valence electrons. The summed E-state index contributed by atoms with van der Waals surface area (Å²) < 4.78 is 16.2. The van der Waals surface area contributed by atoms with Crippen LogP contribution in [0.25, 0.3) is 39.2 Å². The molecule has 0 spiro atoms. The van der Waals surface area contributed by atoms with Crippen LogP contribution in [-0.2, 0) is 4.79 Å². The zero-order valence-electron chi connectivity index (χ0n) is 15.4. The Morgan fingerprint density at radius 2 is 2.10 bits per heavy atom. The van der Waals surface area contributed by atoms with Gasteiger partial charge in [0.25, 0.3) is 0 Å². The summed E-state index contributed by atoms with van der Waals surface area (Å²) in [4.78, 5) is 28.1. The summed E-state index contributed by atoms with van der Waals surface area (Å²) in [6.07, 6.45) is 9.27. The summed E-state index contributed by atoms with van der Waals surface area (Å²) >= 11 is 6.08. The molecule has 0 saturated heterocycles. The molecule has 2 bridgehead atoms. The average molecular weight is 422 g/mol. The number of halogens is 2. The van der Waals surface area contributed by atoms with Crippen molar-refractivity contribution in [3.05, 3.63) is 58.9 Å². The molecule has 3 aliphatic carbocycles. The molecule has 1 saturated carbocycles. The van der Waals surface area contributed by atoms with Gasteiger partial charge in [-0.1, -0.05) is 17.2 Å². The number of fused-ring (bicyclic) bond motifs is 3. The summed E-state index contributed by atoms with van der Waals surface area (Å²) in [7, 11) is 0. The molecular weight excluding hydrogens is 409 g/mol. The van der Waals surface area contributed by atoms with Crippen LogP contribution in [0.3, 0.4) is 0 Å². The molecule has 7 nitrogen and oxygen atoms in total. The zero-order valence-corrected chi connectivity index (χ0v) is 16.1. The van der Waals surface area contributed by atoms with Gasteiger partial charge in [-0.05, 0) is 25.0 Å². The topological polar surface area (TPSA) is 96.7 Å². The van der Waals surface area contributed by atoms with E-state index in [4.69, 9.17) is 11.6 Å². The van der Waals surface area contributed by atoms with Crippen molar-refractivity contribution in [3.63, 3.8) is 0 Å². The first kappa shape index (κ1) is 17.3. The van der Waals surface area contributed by atoms with E-state index in [1.807, 2.05) is 6.08 Å². The van der Waals surface area contributed by atoms with Gasteiger partial charge in [0, 0.05) is 41.7 Å². The zero-order chi connectivity index (χ0) is 20.6. The van der Waals surface area contributed by atoms with Crippen LogP contribution in [0.15, 0.2) is 48.1 Å². The van der Waals surface area contributed by atoms with E-state index in [1.165, 1.54) is 23.2 Å². The lowest BCUT2D eigenvalue weighted by molar-refractivity contribution is -0.133. The summed E-state index contributed by atoms with van der Waals surface area (Å²) in [5.41, 5.74) is 3.54. The minimum absolute atomic E-state index is 0.0406. The predicted molar refractivity (Wildman–Crippen MR) is 109 cm³/mol. The molecule has 0 unspecified atom stereocenters. The number of H-pyrrole nitrogens is 1. The number of carboxylic acid groups (broad SMARTS) is 1. The number of aromatic amines is 1. The quantitative estimate of drug-likeness (QED) is 0.510. The number of rotatable bonds is 3. The lowest BCUT2D eigenvalue weighted by atomic mass is 9.70. The molecule has 1 fully saturated rings. The fourth-order valence-corrected chi connectivity index (χ4v) is 4.46. The number of carboxylic acids is 1. The summed E-state index contributed by atoms with van der Waals surface area (Å²) in [5, 5.41) is 11.2. The van der Waals surface area contributed by atoms with Gasteiger partial charge < -0.3 is 10.1 Å². The normalized spacial score (nSPS) is 16.3. The second-order valence-corrected chi connectivity index (χ2v) is 7.98. The van der Waals surface area contributed by atoms with Crippen molar-refractivity contribution in [2.75, 3.05) is 0 Å². The third-order valence-electron chi connectivity index (χ3n) is 5.77. The highest BCUT2D eigenvalue weighted by Crippen LogP contribution is 2.46. The van der Waals surface area contributed by atoms with Crippen molar-refractivity contribution in [2.24, 2.45) is 5.92 Å². The molecular formula is C21H13ClFN5O2. The molecule has 3 aliphatic rings. The maximum atomic E-state index is 14.7. The van der Waals surface area contributed by atoms with Crippen LogP contribution in [0.5, 0.6) is 0 Å². The first-order valence-electron chi connectivity index (χ1n) is 9.33. The van der Waals surface area contributed by atoms with E-state index < -0.39 is 11.8 Å². The molecule has 0 amide bonds. The Morgan fingerprint density at radius 1 is 1.27 bits per heavy atom. The number of hydrogen-bond acceptors (Lipinski definition) is 4. The van der Waals surface area contributed by atoms with Gasteiger partial charge >= 0.3 is 5.97 Å². The molecule has 0 atom stereocenters. The number of nitrogens with zero attached hydrogens (tertiary/aromatic N) is 4. The van der Waals surface area contributed by atoms with E-state index in [-0.39, 0.29) is 11.3 Å². The van der Waals surface area contributed by atoms with Gasteiger partial charge in [0.1, 0.15) is 5.65 Å². The van der Waals surface area contributed by atoms with E-state index in [9.17, 15) is 14.3 Å². The summed E-state index contributed by atoms with van der Waals surface area (Å²) in [6, 6.07) is 1.76. The monoisotopic (exact) mass is 421 g/mol. The summed E-state index contributed by atoms with van der Waals surface area (Å²) in [5.74, 6) is -1.17. The van der Waals surface area contributed by atoms with Gasteiger partial charge in [0.05, 0.1) is 21.7 Å². The largest absolute Gasteiger partial charge is 0.478 e. The van der Waals surface area contributed by atoms with Crippen LogP contribution in [-0.4, -0.2) is 35.6 Å². The van der Waals surface area contributed by atoms with Crippen molar-refractivity contribution in [3.8, 4) is 11.4 Å². The van der Waals surface area contributed by atoms with Gasteiger partial charge in [-0.15, -0.1) is 0 Å². The number of aromatic nitrogens is 5. The van der Waals surface area contributed by atoms with Gasteiger partial charge in [0.15, 0.2) is 17.3 Å². The fourth-order valence-electron chi connectivity index (χ4n) is 4.30. The van der Waals surface area contributed by atoms with Crippen LogP contribution >= 0.6 is 11.6 Å². The Hall–Kier alpha value is -3.52. The number of hydrogen-bond donors (Lipinski definition) is 2. The standard InChI is InChI=1S/C21H13ClFN5O2/c22-11-4-12-13(6-25-18(12)24-5-11)19-26-7-14-15(23)8-28(20(14)27-19)16-3-9-1-10(2-9)17(16)21(29)30/h3-8,10H,1-2H2,(H,24,25)(H,29,30). The highest BCUT2D eigenvalue weighted by molar-refractivity contribution is 6.31. The van der Waals surface area contributed by atoms with Crippen molar-refractivity contribution in [1.29, 1.82) is 0 Å². The fraction of sp³-hybridized carbons (Fsp3) is 0.143. The predicted octanol–water partition coefficient (Wildman–Crippen LogP) is 4.41. The maximum Gasteiger partial charge on any atom is 0.334 e. The second kappa shape index (κ2) is 5.99. The minimum atomic E-state index is -0.987. The van der Waals surface area contributed by atoms with Crippen LogP contribution in [0.4, 0.5) is 4.39 Å². The average Bonchev–Trinajstić information content (AvgIpc) is 3.27. The summed E-state index contributed by atoms with van der Waals surface area (Å²) in [6.45, 7) is 0. The van der Waals surface area contributed by atoms with Gasteiger partial charge in [0.2, 0.25) is 0 Å². The molecule has 9 heteroatoms. The van der Waals surface area contributed by atoms with Gasteiger partial charge in [-0.2, -0.15) is 0 Å². The van der Waals surface area contributed by atoms with E-state index in [2.05, 4.69) is 19.9 Å². The lowest BCUT2D eigenvalue weighted by Crippen LogP contribution is -2.28. The molecule has 30 heavy (non-hydrogen) atoms. The Morgan fingerprint density at radius 3 is 2.90 bits per heavy atom. The molecule has 0 aromatic carbocycles. The minimum Gasteiger partial charge on any atom is -0.478 e. The van der Waals surface area contributed by atoms with Crippen molar-refractivity contribution >= 4 is 45.3 Å². The van der Waals surface area contributed by atoms with Gasteiger partial charge in [-0.25, -0.2) is 24.1 Å². The van der Waals surface area contributed by atoms with Crippen molar-refractivity contribution in [1.82, 2.24) is 24.5 Å². The molecule has 0 radical (unpaired) electrons. The van der Waals surface area contributed by atoms with Crippen LogP contribution in [0.2, 0.25) is 5.02 Å². The highest BCUT2D eigenvalue weighted by atomic mass is 35.5. The number of aliphatic carboxylic acids is 1. The van der Waals surface area contributed by atoms with Crippen LogP contribution in [0.1, 0.15) is 12.8 Å². The van der Waals surface area contributed by atoms with Crippen LogP contribution in [0, 0.1) is 11.7 Å². The van der Waals surface area contributed by atoms with Crippen molar-refractivity contribution in [2.45, 2.75) is 12.8 Å². The Labute approximate surface area is 173 Å². The Kier molecular flexibility index (Phi) is 3.47. The number of nitrogens with one attached hydrogen (secondary N) is 1. The van der Waals surface area contributed by atoms with Crippen molar-refractivity contribution < 1.29 is 14.3 Å². The van der Waals surface area contributed by atoms with E-state index in [0.717, 1.165) is 23.8 Å². The first-order valence-corrected chi connectivity index (χ1v) is 9.71. The number of pyridine rings is 1. The Bertz CT molecular complexity index is 1460. The molecule has 4 aromatic heterocycles.